The Bertz CT molecular complexity index is 1000. The Labute approximate surface area is 186 Å². The maximum absolute atomic E-state index is 12.8. The van der Waals surface area contributed by atoms with Crippen LogP contribution in [0.3, 0.4) is 0 Å². The largest absolute Gasteiger partial charge is 0.356 e. The fourth-order valence-electron chi connectivity index (χ4n) is 3.04. The molecule has 1 saturated heterocycles. The third kappa shape index (κ3) is 4.83. The molecular formula is C19H17Cl2N5OS2. The van der Waals surface area contributed by atoms with Gasteiger partial charge in [-0.2, -0.15) is 0 Å². The number of amides is 1. The van der Waals surface area contributed by atoms with Gasteiger partial charge in [0.1, 0.15) is 5.82 Å². The van der Waals surface area contributed by atoms with Crippen LogP contribution in [0.5, 0.6) is 0 Å². The van der Waals surface area contributed by atoms with Crippen LogP contribution in [-0.4, -0.2) is 34.2 Å². The van der Waals surface area contributed by atoms with Crippen molar-refractivity contribution in [2.24, 2.45) is 0 Å². The summed E-state index contributed by atoms with van der Waals surface area (Å²) in [7, 11) is 0. The van der Waals surface area contributed by atoms with Crippen LogP contribution < -0.4 is 10.2 Å². The molecule has 0 atom stereocenters. The van der Waals surface area contributed by atoms with E-state index in [1.54, 1.807) is 30.5 Å². The first-order valence-corrected chi connectivity index (χ1v) is 11.6. The molecule has 3 heterocycles. The number of rotatable bonds is 6. The zero-order chi connectivity index (χ0) is 20.2. The second kappa shape index (κ2) is 9.30. The SMILES string of the molecule is O=C(Nc1nnc(SCc2c(Cl)cccc2Cl)s1)c1cccnc1N1CCCC1. The van der Waals surface area contributed by atoms with Gasteiger partial charge in [-0.3, -0.25) is 10.1 Å². The van der Waals surface area contributed by atoms with E-state index in [0.29, 0.717) is 26.5 Å². The molecule has 1 aliphatic rings. The van der Waals surface area contributed by atoms with E-state index in [1.807, 2.05) is 6.07 Å². The molecule has 1 aromatic carbocycles. The van der Waals surface area contributed by atoms with Crippen LogP contribution in [0.1, 0.15) is 28.8 Å². The smallest absolute Gasteiger partial charge is 0.261 e. The van der Waals surface area contributed by atoms with Gasteiger partial charge in [0, 0.05) is 35.1 Å². The van der Waals surface area contributed by atoms with Gasteiger partial charge in [0.25, 0.3) is 5.91 Å². The van der Waals surface area contributed by atoms with Gasteiger partial charge in [-0.25, -0.2) is 4.98 Å². The first-order chi connectivity index (χ1) is 14.1. The molecule has 4 rings (SSSR count). The number of pyridine rings is 1. The molecule has 150 valence electrons. The van der Waals surface area contributed by atoms with Crippen LogP contribution in [0.2, 0.25) is 10.0 Å². The van der Waals surface area contributed by atoms with Crippen LogP contribution in [0, 0.1) is 0 Å². The molecule has 0 bridgehead atoms. The van der Waals surface area contributed by atoms with Crippen molar-refractivity contribution in [1.82, 2.24) is 15.2 Å². The third-order valence-electron chi connectivity index (χ3n) is 4.47. The van der Waals surface area contributed by atoms with E-state index in [-0.39, 0.29) is 5.91 Å². The van der Waals surface area contributed by atoms with Crippen molar-refractivity contribution in [3.05, 3.63) is 57.7 Å². The van der Waals surface area contributed by atoms with Gasteiger partial charge in [0.2, 0.25) is 5.13 Å². The zero-order valence-corrected chi connectivity index (χ0v) is 18.4. The van der Waals surface area contributed by atoms with E-state index in [0.717, 1.165) is 41.7 Å². The standard InChI is InChI=1S/C19H17Cl2N5OS2/c20-14-6-3-7-15(21)13(14)11-28-19-25-24-18(29-19)23-17(27)12-5-4-8-22-16(12)26-9-1-2-10-26/h3-8H,1-2,9-11H2,(H,23,24,27). The lowest BCUT2D eigenvalue weighted by Gasteiger charge is -2.18. The fraction of sp³-hybridized carbons (Fsp3) is 0.263. The number of hydrogen-bond acceptors (Lipinski definition) is 7. The number of thioether (sulfide) groups is 1. The summed E-state index contributed by atoms with van der Waals surface area (Å²) in [6, 6.07) is 8.98. The summed E-state index contributed by atoms with van der Waals surface area (Å²) in [5.74, 6) is 1.06. The van der Waals surface area contributed by atoms with E-state index in [2.05, 4.69) is 25.4 Å². The van der Waals surface area contributed by atoms with Crippen molar-refractivity contribution in [1.29, 1.82) is 0 Å². The highest BCUT2D eigenvalue weighted by Gasteiger charge is 2.21. The van der Waals surface area contributed by atoms with Crippen LogP contribution in [0.15, 0.2) is 40.9 Å². The number of anilines is 2. The molecule has 29 heavy (non-hydrogen) atoms. The lowest BCUT2D eigenvalue weighted by atomic mass is 10.2. The van der Waals surface area contributed by atoms with Gasteiger partial charge >= 0.3 is 0 Å². The van der Waals surface area contributed by atoms with Crippen molar-refractivity contribution < 1.29 is 4.79 Å². The first kappa shape index (κ1) is 20.4. The van der Waals surface area contributed by atoms with Gasteiger partial charge in [0.05, 0.1) is 5.56 Å². The van der Waals surface area contributed by atoms with Crippen LogP contribution in [-0.2, 0) is 5.75 Å². The minimum atomic E-state index is -0.234. The van der Waals surface area contributed by atoms with E-state index in [4.69, 9.17) is 23.2 Å². The summed E-state index contributed by atoms with van der Waals surface area (Å²) in [5.41, 5.74) is 1.40. The minimum absolute atomic E-state index is 0.234. The molecule has 0 radical (unpaired) electrons. The molecule has 0 saturated carbocycles. The lowest BCUT2D eigenvalue weighted by molar-refractivity contribution is 0.102. The van der Waals surface area contributed by atoms with E-state index in [9.17, 15) is 4.79 Å². The first-order valence-electron chi connectivity index (χ1n) is 9.02. The predicted molar refractivity (Wildman–Crippen MR) is 120 cm³/mol. The quantitative estimate of drug-likeness (QED) is 0.388. The maximum Gasteiger partial charge on any atom is 0.261 e. The Kier molecular flexibility index (Phi) is 6.54. The number of halogens is 2. The number of aromatic nitrogens is 3. The molecule has 6 nitrogen and oxygen atoms in total. The Balaban J connectivity index is 1.42. The summed E-state index contributed by atoms with van der Waals surface area (Å²) in [5, 5.41) is 12.7. The normalized spacial score (nSPS) is 13.7. The summed E-state index contributed by atoms with van der Waals surface area (Å²) in [6.07, 6.45) is 3.94. The van der Waals surface area contributed by atoms with Crippen LogP contribution >= 0.6 is 46.3 Å². The zero-order valence-electron chi connectivity index (χ0n) is 15.3. The molecule has 0 aliphatic carbocycles. The number of hydrogen-bond donors (Lipinski definition) is 1. The molecule has 10 heteroatoms. The maximum atomic E-state index is 12.8. The van der Waals surface area contributed by atoms with E-state index >= 15 is 0 Å². The second-order valence-corrected chi connectivity index (χ2v) is 9.40. The highest BCUT2D eigenvalue weighted by atomic mass is 35.5. The predicted octanol–water partition coefficient (Wildman–Crippen LogP) is 5.38. The van der Waals surface area contributed by atoms with Crippen LogP contribution in [0.4, 0.5) is 10.9 Å². The summed E-state index contributed by atoms with van der Waals surface area (Å²) < 4.78 is 0.724. The summed E-state index contributed by atoms with van der Waals surface area (Å²) in [4.78, 5) is 19.3. The van der Waals surface area contributed by atoms with E-state index < -0.39 is 0 Å². The number of nitrogens with zero attached hydrogens (tertiary/aromatic N) is 4. The molecule has 0 spiro atoms. The Morgan fingerprint density at radius 3 is 2.66 bits per heavy atom. The number of carbonyl (C=O) groups is 1. The van der Waals surface area contributed by atoms with Crippen molar-refractivity contribution in [3.8, 4) is 0 Å². The molecule has 1 aliphatic heterocycles. The fourth-order valence-corrected chi connectivity index (χ4v) is 5.53. The number of carbonyl (C=O) groups excluding carboxylic acids is 1. The highest BCUT2D eigenvalue weighted by Crippen LogP contribution is 2.34. The lowest BCUT2D eigenvalue weighted by Crippen LogP contribution is -2.24. The average molecular weight is 466 g/mol. The molecule has 3 aromatic rings. The molecule has 2 aromatic heterocycles. The van der Waals surface area contributed by atoms with Gasteiger partial charge in [-0.15, -0.1) is 10.2 Å². The highest BCUT2D eigenvalue weighted by molar-refractivity contribution is 8.00. The van der Waals surface area contributed by atoms with Crippen molar-refractivity contribution in [2.75, 3.05) is 23.3 Å². The van der Waals surface area contributed by atoms with Crippen molar-refractivity contribution >= 4 is 63.2 Å². The van der Waals surface area contributed by atoms with Gasteiger partial charge in [0.15, 0.2) is 4.34 Å². The number of nitrogens with one attached hydrogen (secondary N) is 1. The third-order valence-corrected chi connectivity index (χ3v) is 7.17. The van der Waals surface area contributed by atoms with Crippen molar-refractivity contribution in [2.45, 2.75) is 22.9 Å². The minimum Gasteiger partial charge on any atom is -0.356 e. The monoisotopic (exact) mass is 465 g/mol. The molecule has 1 N–H and O–H groups in total. The molecule has 1 amide bonds. The summed E-state index contributed by atoms with van der Waals surface area (Å²) in [6.45, 7) is 1.84. The molecular weight excluding hydrogens is 449 g/mol. The van der Waals surface area contributed by atoms with Gasteiger partial charge in [-0.1, -0.05) is 52.4 Å². The average Bonchev–Trinajstić information content (AvgIpc) is 3.40. The van der Waals surface area contributed by atoms with Crippen molar-refractivity contribution in [3.63, 3.8) is 0 Å². The van der Waals surface area contributed by atoms with Crippen LogP contribution in [0.25, 0.3) is 0 Å². The summed E-state index contributed by atoms with van der Waals surface area (Å²) >= 11 is 15.2. The number of benzene rings is 1. The molecule has 1 fully saturated rings. The van der Waals surface area contributed by atoms with Gasteiger partial charge < -0.3 is 4.90 Å². The second-order valence-electron chi connectivity index (χ2n) is 6.38. The Morgan fingerprint density at radius 1 is 1.14 bits per heavy atom. The topological polar surface area (TPSA) is 71.0 Å². The molecule has 0 unspecified atom stereocenters. The Morgan fingerprint density at radius 2 is 1.90 bits per heavy atom. The Hall–Kier alpha value is -1.87. The van der Waals surface area contributed by atoms with Gasteiger partial charge in [-0.05, 0) is 42.7 Å². The van der Waals surface area contributed by atoms with E-state index in [1.165, 1.54) is 23.1 Å².